The Morgan fingerprint density at radius 1 is 1.40 bits per heavy atom. The molecule has 2 amide bonds. The predicted octanol–water partition coefficient (Wildman–Crippen LogP) is 1.07. The molecule has 0 bridgehead atoms. The summed E-state index contributed by atoms with van der Waals surface area (Å²) in [5.41, 5.74) is 2.23. The number of aliphatic hydroxyl groups excluding tert-OH is 1. The topological polar surface area (TPSA) is 78.4 Å². The van der Waals surface area contributed by atoms with E-state index in [0.717, 1.165) is 30.5 Å². The SMILES string of the molecule is O=C1Cc2cc(C(=O)NC3CCCC3CO)ccc2N1. The van der Waals surface area contributed by atoms with Gasteiger partial charge in [0, 0.05) is 29.8 Å². The standard InChI is InChI=1S/C15H18N2O3/c18-8-10-2-1-3-12(10)17-15(20)9-4-5-13-11(6-9)7-14(19)16-13/h4-6,10,12,18H,1-3,7-8H2,(H,16,19)(H,17,20). The Balaban J connectivity index is 1.72. The second-order valence-corrected chi connectivity index (χ2v) is 5.55. The van der Waals surface area contributed by atoms with E-state index < -0.39 is 0 Å². The van der Waals surface area contributed by atoms with Crippen molar-refractivity contribution in [3.05, 3.63) is 29.3 Å². The minimum Gasteiger partial charge on any atom is -0.396 e. The molecule has 20 heavy (non-hydrogen) atoms. The summed E-state index contributed by atoms with van der Waals surface area (Å²) in [5, 5.41) is 15.0. The summed E-state index contributed by atoms with van der Waals surface area (Å²) in [6.07, 6.45) is 3.25. The molecule has 1 aromatic carbocycles. The highest BCUT2D eigenvalue weighted by atomic mass is 16.3. The van der Waals surface area contributed by atoms with E-state index in [-0.39, 0.29) is 30.4 Å². The van der Waals surface area contributed by atoms with Crippen molar-refractivity contribution in [2.75, 3.05) is 11.9 Å². The number of rotatable bonds is 3. The molecule has 3 N–H and O–H groups in total. The Bertz CT molecular complexity index is 556. The van der Waals surface area contributed by atoms with Gasteiger partial charge in [-0.2, -0.15) is 0 Å². The molecule has 2 aliphatic rings. The number of hydrogen-bond acceptors (Lipinski definition) is 3. The summed E-state index contributed by atoms with van der Waals surface area (Å²) >= 11 is 0. The van der Waals surface area contributed by atoms with Crippen LogP contribution in [0.3, 0.4) is 0 Å². The average Bonchev–Trinajstić information content (AvgIpc) is 3.02. The summed E-state index contributed by atoms with van der Waals surface area (Å²) in [5.74, 6) is 0.00261. The van der Waals surface area contributed by atoms with Gasteiger partial charge in [0.25, 0.3) is 5.91 Å². The van der Waals surface area contributed by atoms with Crippen molar-refractivity contribution in [1.29, 1.82) is 0 Å². The van der Waals surface area contributed by atoms with Gasteiger partial charge >= 0.3 is 0 Å². The van der Waals surface area contributed by atoms with Crippen LogP contribution in [-0.2, 0) is 11.2 Å². The number of carbonyl (C=O) groups is 2. The smallest absolute Gasteiger partial charge is 0.251 e. The molecule has 0 aromatic heterocycles. The third kappa shape index (κ3) is 2.41. The maximum absolute atomic E-state index is 12.2. The van der Waals surface area contributed by atoms with E-state index in [4.69, 9.17) is 0 Å². The zero-order valence-corrected chi connectivity index (χ0v) is 11.2. The lowest BCUT2D eigenvalue weighted by Gasteiger charge is -2.19. The van der Waals surface area contributed by atoms with E-state index in [9.17, 15) is 14.7 Å². The second kappa shape index (κ2) is 5.25. The second-order valence-electron chi connectivity index (χ2n) is 5.55. The van der Waals surface area contributed by atoms with Crippen LogP contribution in [0.15, 0.2) is 18.2 Å². The lowest BCUT2D eigenvalue weighted by Crippen LogP contribution is -2.38. The van der Waals surface area contributed by atoms with Crippen molar-refractivity contribution < 1.29 is 14.7 Å². The Morgan fingerprint density at radius 2 is 2.25 bits per heavy atom. The Hall–Kier alpha value is -1.88. The first-order valence-electron chi connectivity index (χ1n) is 7.02. The fraction of sp³-hybridized carbons (Fsp3) is 0.467. The summed E-state index contributed by atoms with van der Waals surface area (Å²) in [6, 6.07) is 5.32. The van der Waals surface area contributed by atoms with Gasteiger partial charge < -0.3 is 15.7 Å². The van der Waals surface area contributed by atoms with Gasteiger partial charge in [-0.05, 0) is 36.6 Å². The monoisotopic (exact) mass is 274 g/mol. The molecule has 0 spiro atoms. The summed E-state index contributed by atoms with van der Waals surface area (Å²) < 4.78 is 0. The minimum absolute atomic E-state index is 0.0336. The van der Waals surface area contributed by atoms with Gasteiger partial charge in [0.2, 0.25) is 5.91 Å². The average molecular weight is 274 g/mol. The highest BCUT2D eigenvalue weighted by Gasteiger charge is 2.28. The Labute approximate surface area is 117 Å². The molecule has 106 valence electrons. The fourth-order valence-corrected chi connectivity index (χ4v) is 3.07. The van der Waals surface area contributed by atoms with E-state index in [1.54, 1.807) is 18.2 Å². The maximum atomic E-state index is 12.2. The molecule has 1 aliphatic carbocycles. The van der Waals surface area contributed by atoms with E-state index >= 15 is 0 Å². The van der Waals surface area contributed by atoms with Gasteiger partial charge in [0.05, 0.1) is 6.42 Å². The first kappa shape index (κ1) is 13.1. The van der Waals surface area contributed by atoms with E-state index in [2.05, 4.69) is 10.6 Å². The van der Waals surface area contributed by atoms with Crippen LogP contribution in [-0.4, -0.2) is 29.6 Å². The molecule has 0 saturated heterocycles. The summed E-state index contributed by atoms with van der Waals surface area (Å²) in [6.45, 7) is 0.119. The zero-order chi connectivity index (χ0) is 14.1. The molecule has 2 atom stereocenters. The van der Waals surface area contributed by atoms with Crippen LogP contribution in [0.4, 0.5) is 5.69 Å². The molecule has 1 saturated carbocycles. The van der Waals surface area contributed by atoms with Gasteiger partial charge in [0.1, 0.15) is 0 Å². The number of nitrogens with one attached hydrogen (secondary N) is 2. The van der Waals surface area contributed by atoms with Crippen molar-refractivity contribution >= 4 is 17.5 Å². The largest absolute Gasteiger partial charge is 0.396 e. The van der Waals surface area contributed by atoms with Crippen molar-refractivity contribution in [1.82, 2.24) is 5.32 Å². The van der Waals surface area contributed by atoms with Crippen molar-refractivity contribution in [3.8, 4) is 0 Å². The number of anilines is 1. The number of hydrogen-bond donors (Lipinski definition) is 3. The van der Waals surface area contributed by atoms with Gasteiger partial charge in [-0.1, -0.05) is 6.42 Å². The molecular weight excluding hydrogens is 256 g/mol. The first-order valence-corrected chi connectivity index (χ1v) is 7.02. The highest BCUT2D eigenvalue weighted by Crippen LogP contribution is 2.26. The minimum atomic E-state index is -0.127. The first-order chi connectivity index (χ1) is 9.67. The van der Waals surface area contributed by atoms with Crippen LogP contribution in [0.2, 0.25) is 0 Å². The van der Waals surface area contributed by atoms with Crippen LogP contribution < -0.4 is 10.6 Å². The molecule has 1 heterocycles. The molecule has 0 radical (unpaired) electrons. The van der Waals surface area contributed by atoms with Crippen LogP contribution >= 0.6 is 0 Å². The van der Waals surface area contributed by atoms with Crippen LogP contribution in [0, 0.1) is 5.92 Å². The van der Waals surface area contributed by atoms with Crippen molar-refractivity contribution in [2.24, 2.45) is 5.92 Å². The highest BCUT2D eigenvalue weighted by molar-refractivity contribution is 6.01. The Kier molecular flexibility index (Phi) is 3.44. The zero-order valence-electron chi connectivity index (χ0n) is 11.2. The number of aliphatic hydroxyl groups is 1. The molecule has 1 aromatic rings. The van der Waals surface area contributed by atoms with Gasteiger partial charge in [-0.15, -0.1) is 0 Å². The van der Waals surface area contributed by atoms with Crippen molar-refractivity contribution in [2.45, 2.75) is 31.7 Å². The van der Waals surface area contributed by atoms with Crippen LogP contribution in [0.5, 0.6) is 0 Å². The number of fused-ring (bicyclic) bond motifs is 1. The molecule has 1 aliphatic heterocycles. The molecule has 1 fully saturated rings. The predicted molar refractivity (Wildman–Crippen MR) is 74.5 cm³/mol. The fourth-order valence-electron chi connectivity index (χ4n) is 3.07. The van der Waals surface area contributed by atoms with E-state index in [0.29, 0.717) is 12.0 Å². The quantitative estimate of drug-likeness (QED) is 0.771. The molecule has 2 unspecified atom stereocenters. The Morgan fingerprint density at radius 3 is 3.05 bits per heavy atom. The summed E-state index contributed by atoms with van der Waals surface area (Å²) in [4.78, 5) is 23.5. The molecule has 3 rings (SSSR count). The van der Waals surface area contributed by atoms with Gasteiger partial charge in [-0.3, -0.25) is 9.59 Å². The van der Waals surface area contributed by atoms with Crippen molar-refractivity contribution in [3.63, 3.8) is 0 Å². The molecule has 5 nitrogen and oxygen atoms in total. The third-order valence-electron chi connectivity index (χ3n) is 4.20. The summed E-state index contributed by atoms with van der Waals surface area (Å²) in [7, 11) is 0. The molecule has 5 heteroatoms. The number of carbonyl (C=O) groups excluding carboxylic acids is 2. The lowest BCUT2D eigenvalue weighted by molar-refractivity contribution is -0.115. The normalized spacial score (nSPS) is 24.4. The van der Waals surface area contributed by atoms with Crippen LogP contribution in [0.1, 0.15) is 35.2 Å². The molecular formula is C15H18N2O3. The number of amides is 2. The van der Waals surface area contributed by atoms with Crippen LogP contribution in [0.25, 0.3) is 0 Å². The lowest BCUT2D eigenvalue weighted by atomic mass is 10.0. The van der Waals surface area contributed by atoms with Gasteiger partial charge in [-0.25, -0.2) is 0 Å². The van der Waals surface area contributed by atoms with E-state index in [1.165, 1.54) is 0 Å². The third-order valence-corrected chi connectivity index (χ3v) is 4.20. The van der Waals surface area contributed by atoms with Gasteiger partial charge in [0.15, 0.2) is 0 Å². The van der Waals surface area contributed by atoms with E-state index in [1.807, 2.05) is 0 Å². The number of benzene rings is 1. The maximum Gasteiger partial charge on any atom is 0.251 e.